The van der Waals surface area contributed by atoms with E-state index in [4.69, 9.17) is 10.5 Å². The molecule has 0 radical (unpaired) electrons. The van der Waals surface area contributed by atoms with Crippen LogP contribution in [-0.4, -0.2) is 24.3 Å². The number of fused-ring (bicyclic) bond motifs is 1. The van der Waals surface area contributed by atoms with E-state index in [9.17, 15) is 0 Å². The lowest BCUT2D eigenvalue weighted by molar-refractivity contribution is 0.140. The standard InChI is InChI=1S/C15H22N2O/c1-2-18-11-10-17-12-13(6-5-9-16)14-7-3-4-8-15(14)17/h3-4,7-8,12H,2,5-6,9-11,16H2,1H3. The van der Waals surface area contributed by atoms with Crippen molar-refractivity contribution >= 4 is 10.9 Å². The Morgan fingerprint density at radius 3 is 2.89 bits per heavy atom. The van der Waals surface area contributed by atoms with Crippen molar-refractivity contribution in [2.75, 3.05) is 19.8 Å². The number of aromatic nitrogens is 1. The van der Waals surface area contributed by atoms with Gasteiger partial charge in [-0.05, 0) is 37.9 Å². The van der Waals surface area contributed by atoms with Gasteiger partial charge < -0.3 is 15.0 Å². The number of rotatable bonds is 7. The maximum Gasteiger partial charge on any atom is 0.0645 e. The molecule has 0 saturated carbocycles. The quantitative estimate of drug-likeness (QED) is 0.763. The summed E-state index contributed by atoms with van der Waals surface area (Å²) in [6, 6.07) is 8.55. The molecular weight excluding hydrogens is 224 g/mol. The minimum absolute atomic E-state index is 0.748. The molecule has 0 saturated heterocycles. The van der Waals surface area contributed by atoms with Gasteiger partial charge in [0.25, 0.3) is 0 Å². The van der Waals surface area contributed by atoms with Crippen LogP contribution in [0.25, 0.3) is 10.9 Å². The molecule has 0 aliphatic rings. The Morgan fingerprint density at radius 2 is 2.11 bits per heavy atom. The summed E-state index contributed by atoms with van der Waals surface area (Å²) in [7, 11) is 0. The zero-order valence-electron chi connectivity index (χ0n) is 11.1. The monoisotopic (exact) mass is 246 g/mol. The van der Waals surface area contributed by atoms with Gasteiger partial charge in [-0.3, -0.25) is 0 Å². The highest BCUT2D eigenvalue weighted by Crippen LogP contribution is 2.22. The molecule has 2 aromatic rings. The van der Waals surface area contributed by atoms with E-state index in [0.29, 0.717) is 0 Å². The van der Waals surface area contributed by atoms with E-state index in [1.807, 2.05) is 6.92 Å². The van der Waals surface area contributed by atoms with Crippen LogP contribution in [0.4, 0.5) is 0 Å². The maximum atomic E-state index is 5.60. The van der Waals surface area contributed by atoms with Crippen LogP contribution >= 0.6 is 0 Å². The summed E-state index contributed by atoms with van der Waals surface area (Å²) in [5, 5.41) is 1.35. The number of nitrogens with two attached hydrogens (primary N) is 1. The Hall–Kier alpha value is -1.32. The van der Waals surface area contributed by atoms with Gasteiger partial charge in [-0.2, -0.15) is 0 Å². The van der Waals surface area contributed by atoms with Gasteiger partial charge in [0.05, 0.1) is 6.61 Å². The van der Waals surface area contributed by atoms with Crippen molar-refractivity contribution in [3.8, 4) is 0 Å². The molecule has 1 heterocycles. The largest absolute Gasteiger partial charge is 0.380 e. The predicted molar refractivity (Wildman–Crippen MR) is 75.8 cm³/mol. The van der Waals surface area contributed by atoms with Gasteiger partial charge in [-0.15, -0.1) is 0 Å². The molecule has 2 rings (SSSR count). The van der Waals surface area contributed by atoms with Gasteiger partial charge in [-0.25, -0.2) is 0 Å². The van der Waals surface area contributed by atoms with Gasteiger partial charge in [0.2, 0.25) is 0 Å². The van der Waals surface area contributed by atoms with E-state index in [1.54, 1.807) is 0 Å². The lowest BCUT2D eigenvalue weighted by atomic mass is 10.1. The van der Waals surface area contributed by atoms with Crippen LogP contribution in [-0.2, 0) is 17.7 Å². The number of ether oxygens (including phenoxy) is 1. The van der Waals surface area contributed by atoms with Crippen molar-refractivity contribution in [3.63, 3.8) is 0 Å². The van der Waals surface area contributed by atoms with Crippen molar-refractivity contribution in [2.45, 2.75) is 26.3 Å². The molecule has 0 atom stereocenters. The lowest BCUT2D eigenvalue weighted by Crippen LogP contribution is -2.04. The summed E-state index contributed by atoms with van der Waals surface area (Å²) < 4.78 is 7.72. The van der Waals surface area contributed by atoms with Gasteiger partial charge in [-0.1, -0.05) is 18.2 Å². The van der Waals surface area contributed by atoms with Crippen molar-refractivity contribution in [1.29, 1.82) is 0 Å². The Kier molecular flexibility index (Phi) is 4.79. The van der Waals surface area contributed by atoms with Crippen molar-refractivity contribution in [2.24, 2.45) is 5.73 Å². The molecule has 1 aromatic carbocycles. The van der Waals surface area contributed by atoms with Crippen LogP contribution in [0.3, 0.4) is 0 Å². The van der Waals surface area contributed by atoms with E-state index in [1.165, 1.54) is 16.5 Å². The first kappa shape index (κ1) is 13.1. The molecule has 0 unspecified atom stereocenters. The number of nitrogens with zero attached hydrogens (tertiary/aromatic N) is 1. The highest BCUT2D eigenvalue weighted by Gasteiger charge is 2.07. The molecule has 3 nitrogen and oxygen atoms in total. The summed E-state index contributed by atoms with van der Waals surface area (Å²) >= 11 is 0. The Balaban J connectivity index is 2.23. The molecule has 3 heteroatoms. The SMILES string of the molecule is CCOCCn1cc(CCCN)c2ccccc21. The van der Waals surface area contributed by atoms with E-state index in [-0.39, 0.29) is 0 Å². The van der Waals surface area contributed by atoms with Gasteiger partial charge in [0.1, 0.15) is 0 Å². The van der Waals surface area contributed by atoms with E-state index >= 15 is 0 Å². The summed E-state index contributed by atoms with van der Waals surface area (Å²) in [4.78, 5) is 0. The molecule has 1 aromatic heterocycles. The molecule has 0 amide bonds. The summed E-state index contributed by atoms with van der Waals surface area (Å²) in [5.74, 6) is 0. The first-order chi connectivity index (χ1) is 8.86. The molecule has 2 N–H and O–H groups in total. The Morgan fingerprint density at radius 1 is 1.28 bits per heavy atom. The molecule has 0 aliphatic heterocycles. The van der Waals surface area contributed by atoms with E-state index < -0.39 is 0 Å². The second kappa shape index (κ2) is 6.57. The number of aryl methyl sites for hydroxylation is 1. The predicted octanol–water partition coefficient (Wildman–Crippen LogP) is 2.57. The highest BCUT2D eigenvalue weighted by atomic mass is 16.5. The lowest BCUT2D eigenvalue weighted by Gasteiger charge is -2.04. The Bertz CT molecular complexity index is 490. The van der Waals surface area contributed by atoms with Crippen LogP contribution in [0, 0.1) is 0 Å². The second-order valence-electron chi connectivity index (χ2n) is 4.45. The summed E-state index contributed by atoms with van der Waals surface area (Å²) in [6.07, 6.45) is 4.34. The second-order valence-corrected chi connectivity index (χ2v) is 4.45. The van der Waals surface area contributed by atoms with Crippen LogP contribution in [0.5, 0.6) is 0 Å². The molecule has 18 heavy (non-hydrogen) atoms. The smallest absolute Gasteiger partial charge is 0.0645 e. The molecule has 0 aliphatic carbocycles. The first-order valence-electron chi connectivity index (χ1n) is 6.71. The van der Waals surface area contributed by atoms with Crippen molar-refractivity contribution in [3.05, 3.63) is 36.0 Å². The molecule has 0 bridgehead atoms. The third-order valence-corrected chi connectivity index (χ3v) is 3.20. The fourth-order valence-corrected chi connectivity index (χ4v) is 2.31. The zero-order valence-corrected chi connectivity index (χ0v) is 11.1. The van der Waals surface area contributed by atoms with Crippen LogP contribution in [0.2, 0.25) is 0 Å². The van der Waals surface area contributed by atoms with Crippen LogP contribution < -0.4 is 5.73 Å². The summed E-state index contributed by atoms with van der Waals surface area (Å²) in [6.45, 7) is 5.24. The minimum Gasteiger partial charge on any atom is -0.380 e. The maximum absolute atomic E-state index is 5.60. The van der Waals surface area contributed by atoms with Gasteiger partial charge >= 0.3 is 0 Å². The molecule has 0 spiro atoms. The van der Waals surface area contributed by atoms with E-state index in [0.717, 1.165) is 39.1 Å². The summed E-state index contributed by atoms with van der Waals surface area (Å²) in [5.41, 5.74) is 8.29. The van der Waals surface area contributed by atoms with Gasteiger partial charge in [0, 0.05) is 30.3 Å². The normalized spacial score (nSPS) is 11.2. The minimum atomic E-state index is 0.748. The first-order valence-corrected chi connectivity index (χ1v) is 6.71. The third kappa shape index (κ3) is 2.92. The molecule has 98 valence electrons. The highest BCUT2D eigenvalue weighted by molar-refractivity contribution is 5.83. The topological polar surface area (TPSA) is 40.2 Å². The average Bonchev–Trinajstić information content (AvgIpc) is 2.76. The fourth-order valence-electron chi connectivity index (χ4n) is 2.31. The van der Waals surface area contributed by atoms with Gasteiger partial charge in [0.15, 0.2) is 0 Å². The number of para-hydroxylation sites is 1. The zero-order chi connectivity index (χ0) is 12.8. The third-order valence-electron chi connectivity index (χ3n) is 3.20. The number of hydrogen-bond acceptors (Lipinski definition) is 2. The van der Waals surface area contributed by atoms with Crippen molar-refractivity contribution < 1.29 is 4.74 Å². The molecular formula is C15H22N2O. The van der Waals surface area contributed by atoms with Crippen molar-refractivity contribution in [1.82, 2.24) is 4.57 Å². The van der Waals surface area contributed by atoms with E-state index in [2.05, 4.69) is 35.0 Å². The fraction of sp³-hybridized carbons (Fsp3) is 0.467. The van der Waals surface area contributed by atoms with Crippen LogP contribution in [0.1, 0.15) is 18.9 Å². The van der Waals surface area contributed by atoms with Crippen LogP contribution in [0.15, 0.2) is 30.5 Å². The number of benzene rings is 1. The molecule has 0 fully saturated rings. The average molecular weight is 246 g/mol. The number of hydrogen-bond donors (Lipinski definition) is 1. The Labute approximate surface area is 109 Å².